The first kappa shape index (κ1) is 20.7. The minimum Gasteiger partial charge on any atom is -0.435 e. The molecule has 0 radical (unpaired) electrons. The zero-order valence-electron chi connectivity index (χ0n) is 13.2. The van der Waals surface area contributed by atoms with Crippen molar-refractivity contribution in [2.45, 2.75) is 59.8 Å². The molecule has 4 nitrogen and oxygen atoms in total. The predicted octanol–water partition coefficient (Wildman–Crippen LogP) is 4.36. The molecule has 0 fully saturated rings. The van der Waals surface area contributed by atoms with Crippen LogP contribution < -0.4 is 0 Å². The lowest BCUT2D eigenvalue weighted by Crippen LogP contribution is -2.25. The molecular weight excluding hydrogens is 256 g/mol. The van der Waals surface area contributed by atoms with Gasteiger partial charge in [0.25, 0.3) is 0 Å². The molecule has 20 heavy (non-hydrogen) atoms. The Labute approximate surface area is 122 Å². The first-order valence-corrected chi connectivity index (χ1v) is 6.92. The molecule has 0 saturated heterocycles. The Morgan fingerprint density at radius 1 is 1.05 bits per heavy atom. The molecule has 0 aromatic rings. The van der Waals surface area contributed by atoms with E-state index in [2.05, 4.69) is 24.8 Å². The summed E-state index contributed by atoms with van der Waals surface area (Å²) in [7, 11) is 0. The number of unbranched alkanes of at least 4 members (excludes halogenated alkanes) is 3. The van der Waals surface area contributed by atoms with Crippen molar-refractivity contribution in [3.63, 3.8) is 0 Å². The van der Waals surface area contributed by atoms with Gasteiger partial charge < -0.3 is 9.47 Å². The summed E-state index contributed by atoms with van der Waals surface area (Å²) in [6.07, 6.45) is 7.94. The first-order chi connectivity index (χ1) is 9.31. The highest BCUT2D eigenvalue weighted by atomic mass is 16.5. The monoisotopic (exact) mass is 284 g/mol. The van der Waals surface area contributed by atoms with Gasteiger partial charge in [0, 0.05) is 6.92 Å². The summed E-state index contributed by atoms with van der Waals surface area (Å²) in [6, 6.07) is 0. The van der Waals surface area contributed by atoms with Crippen LogP contribution in [0.3, 0.4) is 0 Å². The topological polar surface area (TPSA) is 52.6 Å². The molecule has 0 aliphatic rings. The predicted molar refractivity (Wildman–Crippen MR) is 80.8 cm³/mol. The Balaban J connectivity index is 0. The average Bonchev–Trinajstić information content (AvgIpc) is 2.35. The van der Waals surface area contributed by atoms with Gasteiger partial charge in [-0.3, -0.25) is 9.59 Å². The van der Waals surface area contributed by atoms with Crippen molar-refractivity contribution in [3.05, 3.63) is 25.7 Å². The molecule has 0 rings (SSSR count). The van der Waals surface area contributed by atoms with E-state index in [1.165, 1.54) is 32.4 Å². The maximum Gasteiger partial charge on any atom is 0.316 e. The quantitative estimate of drug-likeness (QED) is 0.377. The van der Waals surface area contributed by atoms with Crippen molar-refractivity contribution in [2.24, 2.45) is 5.41 Å². The third-order valence-electron chi connectivity index (χ3n) is 2.65. The van der Waals surface area contributed by atoms with Crippen LogP contribution >= 0.6 is 0 Å². The van der Waals surface area contributed by atoms with Gasteiger partial charge in [-0.1, -0.05) is 45.8 Å². The standard InChI is InChI=1S/C12H22O2.C4H6O2/c1-5-7-8-9-10-12(3,4)11(13)14-6-2;1-3-6-4(2)5/h6H,2,5,7-10H2,1,3-4H3;3H,1H2,2H3. The van der Waals surface area contributed by atoms with Crippen molar-refractivity contribution in [1.82, 2.24) is 0 Å². The first-order valence-electron chi connectivity index (χ1n) is 6.92. The van der Waals surface area contributed by atoms with E-state index in [9.17, 15) is 9.59 Å². The summed E-state index contributed by atoms with van der Waals surface area (Å²) < 4.78 is 8.96. The zero-order chi connectivity index (χ0) is 16.0. The van der Waals surface area contributed by atoms with E-state index in [1.54, 1.807) is 0 Å². The van der Waals surface area contributed by atoms with E-state index >= 15 is 0 Å². The fourth-order valence-corrected chi connectivity index (χ4v) is 1.45. The van der Waals surface area contributed by atoms with Crippen LogP contribution in [0.15, 0.2) is 25.7 Å². The van der Waals surface area contributed by atoms with Crippen molar-refractivity contribution in [1.29, 1.82) is 0 Å². The summed E-state index contributed by atoms with van der Waals surface area (Å²) in [5.41, 5.74) is -0.373. The van der Waals surface area contributed by atoms with Gasteiger partial charge in [0.1, 0.15) is 0 Å². The molecule has 0 amide bonds. The van der Waals surface area contributed by atoms with Gasteiger partial charge in [-0.05, 0) is 20.3 Å². The van der Waals surface area contributed by atoms with E-state index in [-0.39, 0.29) is 17.4 Å². The maximum absolute atomic E-state index is 11.4. The molecule has 0 aliphatic carbocycles. The third-order valence-corrected chi connectivity index (χ3v) is 2.65. The van der Waals surface area contributed by atoms with Gasteiger partial charge >= 0.3 is 11.9 Å². The lowest BCUT2D eigenvalue weighted by atomic mass is 9.87. The highest BCUT2D eigenvalue weighted by Gasteiger charge is 2.27. The van der Waals surface area contributed by atoms with E-state index in [0.29, 0.717) is 0 Å². The number of hydrogen-bond acceptors (Lipinski definition) is 4. The van der Waals surface area contributed by atoms with Gasteiger partial charge in [0.15, 0.2) is 0 Å². The molecule has 0 bridgehead atoms. The lowest BCUT2D eigenvalue weighted by Gasteiger charge is -2.20. The largest absolute Gasteiger partial charge is 0.435 e. The summed E-state index contributed by atoms with van der Waals surface area (Å²) in [5.74, 6) is -0.506. The molecule has 0 heterocycles. The van der Waals surface area contributed by atoms with Crippen LogP contribution in [0.25, 0.3) is 0 Å². The minimum atomic E-state index is -0.373. The smallest absolute Gasteiger partial charge is 0.316 e. The van der Waals surface area contributed by atoms with Crippen LogP contribution in [-0.2, 0) is 19.1 Å². The maximum atomic E-state index is 11.4. The second kappa shape index (κ2) is 12.5. The summed E-state index contributed by atoms with van der Waals surface area (Å²) >= 11 is 0. The van der Waals surface area contributed by atoms with E-state index in [0.717, 1.165) is 19.1 Å². The highest BCUT2D eigenvalue weighted by molar-refractivity contribution is 5.76. The van der Waals surface area contributed by atoms with E-state index in [1.807, 2.05) is 13.8 Å². The zero-order valence-corrected chi connectivity index (χ0v) is 13.2. The molecule has 0 N–H and O–H groups in total. The van der Waals surface area contributed by atoms with Crippen LogP contribution in [0.2, 0.25) is 0 Å². The van der Waals surface area contributed by atoms with Gasteiger partial charge in [0.05, 0.1) is 17.9 Å². The number of esters is 2. The van der Waals surface area contributed by atoms with Crippen LogP contribution in [0.1, 0.15) is 59.8 Å². The second-order valence-corrected chi connectivity index (χ2v) is 5.04. The van der Waals surface area contributed by atoms with Crippen molar-refractivity contribution >= 4 is 11.9 Å². The molecule has 0 atom stereocenters. The Bertz CT molecular complexity index is 306. The summed E-state index contributed by atoms with van der Waals surface area (Å²) in [6.45, 7) is 13.9. The molecule has 0 aromatic carbocycles. The van der Waals surface area contributed by atoms with Crippen LogP contribution in [-0.4, -0.2) is 11.9 Å². The molecule has 116 valence electrons. The molecule has 0 unspecified atom stereocenters. The van der Waals surface area contributed by atoms with Crippen molar-refractivity contribution < 1.29 is 19.1 Å². The highest BCUT2D eigenvalue weighted by Crippen LogP contribution is 2.25. The van der Waals surface area contributed by atoms with Crippen molar-refractivity contribution in [3.8, 4) is 0 Å². The molecule has 4 heteroatoms. The van der Waals surface area contributed by atoms with Gasteiger partial charge in [0.2, 0.25) is 0 Å². The van der Waals surface area contributed by atoms with E-state index in [4.69, 9.17) is 4.74 Å². The normalized spacial score (nSPS) is 9.80. The number of carbonyl (C=O) groups is 2. The fraction of sp³-hybridized carbons (Fsp3) is 0.625. The molecule has 0 saturated carbocycles. The number of hydrogen-bond donors (Lipinski definition) is 0. The minimum absolute atomic E-state index is 0.177. The summed E-state index contributed by atoms with van der Waals surface area (Å²) in [4.78, 5) is 21.2. The average molecular weight is 284 g/mol. The van der Waals surface area contributed by atoms with Gasteiger partial charge in [-0.15, -0.1) is 0 Å². The summed E-state index contributed by atoms with van der Waals surface area (Å²) in [5, 5.41) is 0. The molecular formula is C16H28O4. The molecule has 0 spiro atoms. The van der Waals surface area contributed by atoms with Crippen LogP contribution in [0.4, 0.5) is 0 Å². The Morgan fingerprint density at radius 3 is 1.95 bits per heavy atom. The van der Waals surface area contributed by atoms with Crippen LogP contribution in [0.5, 0.6) is 0 Å². The fourth-order valence-electron chi connectivity index (χ4n) is 1.45. The van der Waals surface area contributed by atoms with Gasteiger partial charge in [-0.25, -0.2) is 0 Å². The number of rotatable bonds is 8. The third kappa shape index (κ3) is 12.9. The Kier molecular flexibility index (Phi) is 12.9. The SMILES string of the molecule is C=COC(=O)C(C)(C)CCCCCC.C=COC(C)=O. The lowest BCUT2D eigenvalue weighted by molar-refractivity contribution is -0.148. The molecule has 0 aromatic heterocycles. The second-order valence-electron chi connectivity index (χ2n) is 5.04. The van der Waals surface area contributed by atoms with E-state index < -0.39 is 0 Å². The van der Waals surface area contributed by atoms with Crippen LogP contribution in [0, 0.1) is 5.41 Å². The Hall–Kier alpha value is -1.58. The molecule has 0 aliphatic heterocycles. The van der Waals surface area contributed by atoms with Gasteiger partial charge in [-0.2, -0.15) is 0 Å². The Morgan fingerprint density at radius 2 is 1.60 bits per heavy atom. The van der Waals surface area contributed by atoms with Crippen molar-refractivity contribution in [2.75, 3.05) is 0 Å². The number of ether oxygens (including phenoxy) is 2. The number of carbonyl (C=O) groups excluding carboxylic acids is 2.